The zero-order chi connectivity index (χ0) is 17.0. The van der Waals surface area contributed by atoms with Gasteiger partial charge in [-0.3, -0.25) is 4.79 Å². The Morgan fingerprint density at radius 3 is 2.65 bits per heavy atom. The molecule has 0 N–H and O–H groups in total. The molecule has 1 aromatic carbocycles. The van der Waals surface area contributed by atoms with E-state index in [2.05, 4.69) is 16.3 Å². The summed E-state index contributed by atoms with van der Waals surface area (Å²) >= 11 is 6.97. The van der Waals surface area contributed by atoms with Gasteiger partial charge in [0.25, 0.3) is 5.22 Å². The van der Waals surface area contributed by atoms with Crippen molar-refractivity contribution in [2.75, 3.05) is 12.8 Å². The summed E-state index contributed by atoms with van der Waals surface area (Å²) in [6.07, 6.45) is 0. The highest BCUT2D eigenvalue weighted by molar-refractivity contribution is 7.99. The van der Waals surface area contributed by atoms with Crippen LogP contribution in [-0.2, 0) is 4.79 Å². The second-order valence-electron chi connectivity index (χ2n) is 5.29. The average Bonchev–Trinajstić information content (AvgIpc) is 3.01. The quantitative estimate of drug-likeness (QED) is 0.770. The van der Waals surface area contributed by atoms with Crippen LogP contribution in [0.1, 0.15) is 13.8 Å². The van der Waals surface area contributed by atoms with Crippen LogP contribution in [0.25, 0.3) is 11.5 Å². The second-order valence-corrected chi connectivity index (χ2v) is 6.66. The summed E-state index contributed by atoms with van der Waals surface area (Å²) in [4.78, 5) is 13.5. The van der Waals surface area contributed by atoms with E-state index in [-0.39, 0.29) is 11.7 Å². The summed E-state index contributed by atoms with van der Waals surface area (Å²) in [5, 5.41) is 17.8. The highest BCUT2D eigenvalue weighted by atomic mass is 35.5. The molecule has 0 saturated heterocycles. The Morgan fingerprint density at radius 2 is 2.04 bits per heavy atom. The van der Waals surface area contributed by atoms with Crippen molar-refractivity contribution in [3.8, 4) is 17.5 Å². The van der Waals surface area contributed by atoms with Crippen molar-refractivity contribution in [2.24, 2.45) is 0 Å². The van der Waals surface area contributed by atoms with Crippen LogP contribution in [0.15, 0.2) is 33.9 Å². The van der Waals surface area contributed by atoms with Gasteiger partial charge in [-0.05, 0) is 38.1 Å². The molecule has 1 aromatic heterocycles. The molecule has 23 heavy (non-hydrogen) atoms. The van der Waals surface area contributed by atoms with E-state index < -0.39 is 5.54 Å². The lowest BCUT2D eigenvalue weighted by Gasteiger charge is -2.28. The Kier molecular flexibility index (Phi) is 5.29. The lowest BCUT2D eigenvalue weighted by molar-refractivity contribution is -0.130. The molecule has 8 heteroatoms. The lowest BCUT2D eigenvalue weighted by atomic mass is 10.1. The van der Waals surface area contributed by atoms with Gasteiger partial charge in [-0.15, -0.1) is 10.2 Å². The number of amides is 1. The van der Waals surface area contributed by atoms with Gasteiger partial charge in [0.05, 0.1) is 11.8 Å². The lowest BCUT2D eigenvalue weighted by Crippen LogP contribution is -2.44. The third kappa shape index (κ3) is 4.24. The van der Waals surface area contributed by atoms with E-state index >= 15 is 0 Å². The molecule has 1 heterocycles. The van der Waals surface area contributed by atoms with Gasteiger partial charge in [0.15, 0.2) is 0 Å². The first kappa shape index (κ1) is 17.3. The highest BCUT2D eigenvalue weighted by Crippen LogP contribution is 2.25. The van der Waals surface area contributed by atoms with Crippen molar-refractivity contribution in [1.82, 2.24) is 15.1 Å². The number of aromatic nitrogens is 2. The van der Waals surface area contributed by atoms with Crippen molar-refractivity contribution in [2.45, 2.75) is 24.6 Å². The van der Waals surface area contributed by atoms with Crippen LogP contribution in [0.2, 0.25) is 5.02 Å². The minimum absolute atomic E-state index is 0.115. The number of thioether (sulfide) groups is 1. The molecule has 0 fully saturated rings. The Morgan fingerprint density at radius 1 is 1.39 bits per heavy atom. The fourth-order valence-corrected chi connectivity index (χ4v) is 2.39. The summed E-state index contributed by atoms with van der Waals surface area (Å²) < 4.78 is 5.51. The Bertz CT molecular complexity index is 737. The molecule has 0 aliphatic carbocycles. The number of nitrogens with zero attached hydrogens (tertiary/aromatic N) is 4. The minimum Gasteiger partial charge on any atom is -0.411 e. The van der Waals surface area contributed by atoms with Crippen LogP contribution in [-0.4, -0.2) is 39.3 Å². The van der Waals surface area contributed by atoms with Gasteiger partial charge in [0.1, 0.15) is 5.54 Å². The largest absolute Gasteiger partial charge is 0.411 e. The number of halogens is 1. The van der Waals surface area contributed by atoms with E-state index in [1.165, 1.54) is 4.90 Å². The minimum atomic E-state index is -0.860. The molecule has 2 aromatic rings. The highest BCUT2D eigenvalue weighted by Gasteiger charge is 2.27. The third-order valence-electron chi connectivity index (χ3n) is 3.30. The smallest absolute Gasteiger partial charge is 0.277 e. The zero-order valence-electron chi connectivity index (χ0n) is 12.9. The molecule has 0 aliphatic rings. The fourth-order valence-electron chi connectivity index (χ4n) is 1.58. The Labute approximate surface area is 143 Å². The summed E-state index contributed by atoms with van der Waals surface area (Å²) in [7, 11) is 1.60. The molecule has 0 bridgehead atoms. The Balaban J connectivity index is 1.99. The molecule has 0 radical (unpaired) electrons. The predicted octanol–water partition coefficient (Wildman–Crippen LogP) is 3.24. The normalized spacial score (nSPS) is 11.1. The first-order valence-electron chi connectivity index (χ1n) is 6.73. The number of hydrogen-bond donors (Lipinski definition) is 0. The van der Waals surface area contributed by atoms with Crippen LogP contribution in [0, 0.1) is 11.3 Å². The monoisotopic (exact) mass is 350 g/mol. The van der Waals surface area contributed by atoms with Gasteiger partial charge >= 0.3 is 0 Å². The van der Waals surface area contributed by atoms with Gasteiger partial charge in [-0.1, -0.05) is 23.4 Å². The first-order valence-corrected chi connectivity index (χ1v) is 8.10. The van der Waals surface area contributed by atoms with Crippen LogP contribution < -0.4 is 0 Å². The van der Waals surface area contributed by atoms with Crippen molar-refractivity contribution in [3.05, 3.63) is 29.3 Å². The molecule has 0 saturated carbocycles. The summed E-state index contributed by atoms with van der Waals surface area (Å²) in [5.41, 5.74) is -0.108. The van der Waals surface area contributed by atoms with E-state index in [9.17, 15) is 4.79 Å². The molecule has 6 nitrogen and oxygen atoms in total. The number of nitriles is 1. The van der Waals surface area contributed by atoms with E-state index in [1.54, 1.807) is 45.2 Å². The first-order chi connectivity index (χ1) is 10.8. The van der Waals surface area contributed by atoms with E-state index in [0.717, 1.165) is 17.3 Å². The van der Waals surface area contributed by atoms with Gasteiger partial charge < -0.3 is 9.32 Å². The van der Waals surface area contributed by atoms with Gasteiger partial charge in [0.2, 0.25) is 11.8 Å². The molecule has 0 aliphatic heterocycles. The van der Waals surface area contributed by atoms with E-state index in [4.69, 9.17) is 21.3 Å². The molecule has 1 amide bonds. The number of hydrogen-bond acceptors (Lipinski definition) is 6. The van der Waals surface area contributed by atoms with Crippen LogP contribution in [0.5, 0.6) is 0 Å². The average molecular weight is 351 g/mol. The van der Waals surface area contributed by atoms with Crippen LogP contribution in [0.3, 0.4) is 0 Å². The number of carbonyl (C=O) groups excluding carboxylic acids is 1. The second kappa shape index (κ2) is 7.02. The Hall–Kier alpha value is -2.04. The molecule has 120 valence electrons. The topological polar surface area (TPSA) is 83.0 Å². The van der Waals surface area contributed by atoms with Gasteiger partial charge in [-0.2, -0.15) is 5.26 Å². The molecule has 0 atom stereocenters. The number of rotatable bonds is 5. The fraction of sp³-hybridized carbons (Fsp3) is 0.333. The van der Waals surface area contributed by atoms with E-state index in [0.29, 0.717) is 16.1 Å². The zero-order valence-corrected chi connectivity index (χ0v) is 14.5. The van der Waals surface area contributed by atoms with Gasteiger partial charge in [-0.25, -0.2) is 0 Å². The maximum atomic E-state index is 12.1. The molecule has 2 rings (SSSR count). The summed E-state index contributed by atoms with van der Waals surface area (Å²) in [6.45, 7) is 3.36. The van der Waals surface area contributed by atoms with Crippen LogP contribution in [0.4, 0.5) is 0 Å². The molecular formula is C15H15ClN4O2S. The van der Waals surface area contributed by atoms with Crippen molar-refractivity contribution in [1.29, 1.82) is 5.26 Å². The third-order valence-corrected chi connectivity index (χ3v) is 4.36. The molecular weight excluding hydrogens is 336 g/mol. The molecule has 0 unspecified atom stereocenters. The maximum absolute atomic E-state index is 12.1. The van der Waals surface area contributed by atoms with Crippen molar-refractivity contribution < 1.29 is 9.21 Å². The molecule has 0 spiro atoms. The number of carbonyl (C=O) groups is 1. The summed E-state index contributed by atoms with van der Waals surface area (Å²) in [6, 6.07) is 9.10. The van der Waals surface area contributed by atoms with E-state index in [1.807, 2.05) is 0 Å². The van der Waals surface area contributed by atoms with Crippen LogP contribution >= 0.6 is 23.4 Å². The SMILES string of the molecule is CN(C(=O)CSc1nnc(-c2ccc(Cl)cc2)o1)C(C)(C)C#N. The van der Waals surface area contributed by atoms with Crippen molar-refractivity contribution in [3.63, 3.8) is 0 Å². The summed E-state index contributed by atoms with van der Waals surface area (Å²) in [5.74, 6) is 0.291. The number of benzene rings is 1. The standard InChI is InChI=1S/C15H15ClN4O2S/c1-15(2,9-17)20(3)12(21)8-23-14-19-18-13(22-14)10-4-6-11(16)7-5-10/h4-7H,8H2,1-3H3. The maximum Gasteiger partial charge on any atom is 0.277 e. The predicted molar refractivity (Wildman–Crippen MR) is 87.9 cm³/mol. The van der Waals surface area contributed by atoms with Gasteiger partial charge in [0, 0.05) is 17.6 Å². The van der Waals surface area contributed by atoms with Crippen molar-refractivity contribution >= 4 is 29.3 Å².